The van der Waals surface area contributed by atoms with Gasteiger partial charge in [0.25, 0.3) is 0 Å². The van der Waals surface area contributed by atoms with E-state index in [4.69, 9.17) is 0 Å². The summed E-state index contributed by atoms with van der Waals surface area (Å²) in [7, 11) is -0.717. The van der Waals surface area contributed by atoms with Gasteiger partial charge < -0.3 is 10.3 Å². The van der Waals surface area contributed by atoms with Crippen LogP contribution in [0.5, 0.6) is 0 Å². The molecule has 0 saturated carbocycles. The minimum atomic E-state index is -0.717. The molecule has 1 heterocycles. The van der Waals surface area contributed by atoms with E-state index in [2.05, 4.69) is 10.3 Å². The van der Waals surface area contributed by atoms with Gasteiger partial charge in [-0.05, 0) is 19.1 Å². The monoisotopic (exact) mass is 200 g/mol. The molecule has 0 aliphatic rings. The highest BCUT2D eigenvalue weighted by Gasteiger charge is 2.03. The van der Waals surface area contributed by atoms with Gasteiger partial charge in [0.2, 0.25) is 0 Å². The van der Waals surface area contributed by atoms with Crippen LogP contribution >= 0.6 is 0 Å². The van der Waals surface area contributed by atoms with Crippen LogP contribution in [0.2, 0.25) is 0 Å². The van der Waals surface area contributed by atoms with Crippen molar-refractivity contribution < 1.29 is 4.21 Å². The number of H-pyrrole nitrogens is 1. The zero-order valence-corrected chi connectivity index (χ0v) is 8.86. The van der Waals surface area contributed by atoms with Gasteiger partial charge in [0.05, 0.1) is 0 Å². The second kappa shape index (κ2) is 5.19. The van der Waals surface area contributed by atoms with Crippen molar-refractivity contribution >= 4 is 10.8 Å². The molecule has 0 aliphatic heterocycles. The number of aromatic amines is 1. The highest BCUT2D eigenvalue weighted by Crippen LogP contribution is 1.94. The predicted molar refractivity (Wildman–Crippen MR) is 56.0 cm³/mol. The molecule has 0 amide bonds. The minimum absolute atomic E-state index is 0.300. The van der Waals surface area contributed by atoms with Crippen molar-refractivity contribution in [3.63, 3.8) is 0 Å². The van der Waals surface area contributed by atoms with Gasteiger partial charge in [0.1, 0.15) is 0 Å². The maximum absolute atomic E-state index is 10.9. The van der Waals surface area contributed by atoms with Gasteiger partial charge in [-0.15, -0.1) is 0 Å². The molecule has 4 heteroatoms. The maximum Gasteiger partial charge on any atom is 0.0383 e. The first-order valence-electron chi connectivity index (χ1n) is 4.34. The van der Waals surface area contributed by atoms with Crippen LogP contribution in [-0.2, 0) is 17.3 Å². The Hall–Kier alpha value is -0.610. The van der Waals surface area contributed by atoms with Crippen LogP contribution in [0.3, 0.4) is 0 Å². The molecule has 0 saturated heterocycles. The molecular formula is C9H16N2OS. The molecule has 13 heavy (non-hydrogen) atoms. The zero-order chi connectivity index (χ0) is 9.68. The van der Waals surface area contributed by atoms with Gasteiger partial charge >= 0.3 is 0 Å². The summed E-state index contributed by atoms with van der Waals surface area (Å²) in [6.45, 7) is 2.86. The summed E-state index contributed by atoms with van der Waals surface area (Å²) in [5.41, 5.74) is 1.16. The Balaban J connectivity index is 2.22. The molecule has 74 valence electrons. The molecule has 2 unspecified atom stereocenters. The molecule has 0 radical (unpaired) electrons. The van der Waals surface area contributed by atoms with Crippen LogP contribution in [0.15, 0.2) is 18.3 Å². The standard InChI is InChI=1S/C9H16N2OS/c1-8(7-13(2)12)11-6-9-4-3-5-10-9/h3-5,8,10-11H,6-7H2,1-2H3. The minimum Gasteiger partial charge on any atom is -0.364 e. The number of aromatic nitrogens is 1. The molecule has 2 N–H and O–H groups in total. The molecule has 0 bridgehead atoms. The average Bonchev–Trinajstić information content (AvgIpc) is 2.51. The first-order chi connectivity index (χ1) is 6.18. The van der Waals surface area contributed by atoms with E-state index in [0.717, 1.165) is 12.2 Å². The third-order valence-electron chi connectivity index (χ3n) is 1.79. The van der Waals surface area contributed by atoms with Crippen molar-refractivity contribution in [3.8, 4) is 0 Å². The summed E-state index contributed by atoms with van der Waals surface area (Å²) < 4.78 is 10.9. The summed E-state index contributed by atoms with van der Waals surface area (Å²) in [5, 5.41) is 3.29. The zero-order valence-electron chi connectivity index (χ0n) is 8.04. The smallest absolute Gasteiger partial charge is 0.0383 e. The molecule has 0 fully saturated rings. The van der Waals surface area contributed by atoms with Crippen LogP contribution in [0.4, 0.5) is 0 Å². The molecule has 0 spiro atoms. The molecule has 0 aromatic carbocycles. The molecule has 3 nitrogen and oxygen atoms in total. The summed E-state index contributed by atoms with van der Waals surface area (Å²) in [6, 6.07) is 4.30. The number of nitrogens with one attached hydrogen (secondary N) is 2. The largest absolute Gasteiger partial charge is 0.364 e. The fraction of sp³-hybridized carbons (Fsp3) is 0.556. The van der Waals surface area contributed by atoms with Gasteiger partial charge in [0.15, 0.2) is 0 Å². The van der Waals surface area contributed by atoms with E-state index >= 15 is 0 Å². The lowest BCUT2D eigenvalue weighted by Crippen LogP contribution is -2.30. The average molecular weight is 200 g/mol. The van der Waals surface area contributed by atoms with Crippen molar-refractivity contribution in [1.29, 1.82) is 0 Å². The van der Waals surface area contributed by atoms with Gasteiger partial charge in [-0.25, -0.2) is 0 Å². The summed E-state index contributed by atoms with van der Waals surface area (Å²) >= 11 is 0. The Morgan fingerprint density at radius 3 is 3.00 bits per heavy atom. The Morgan fingerprint density at radius 2 is 2.46 bits per heavy atom. The summed E-state index contributed by atoms with van der Waals surface area (Å²) in [6.07, 6.45) is 3.63. The summed E-state index contributed by atoms with van der Waals surface area (Å²) in [5.74, 6) is 0.709. The number of hydrogen-bond acceptors (Lipinski definition) is 2. The van der Waals surface area contributed by atoms with Crippen molar-refractivity contribution in [1.82, 2.24) is 10.3 Å². The van der Waals surface area contributed by atoms with Gasteiger partial charge in [-0.1, -0.05) is 0 Å². The van der Waals surface area contributed by atoms with Crippen LogP contribution in [0, 0.1) is 0 Å². The molecule has 1 rings (SSSR count). The second-order valence-corrected chi connectivity index (χ2v) is 4.70. The van der Waals surface area contributed by atoms with Crippen molar-refractivity contribution in [2.75, 3.05) is 12.0 Å². The number of rotatable bonds is 5. The van der Waals surface area contributed by atoms with Crippen LogP contribution in [-0.4, -0.2) is 27.2 Å². The van der Waals surface area contributed by atoms with Crippen molar-refractivity contribution in [3.05, 3.63) is 24.0 Å². The molecule has 2 atom stereocenters. The lowest BCUT2D eigenvalue weighted by molar-refractivity contribution is 0.582. The van der Waals surface area contributed by atoms with Crippen LogP contribution in [0.1, 0.15) is 12.6 Å². The lowest BCUT2D eigenvalue weighted by atomic mass is 10.3. The molecular weight excluding hydrogens is 184 g/mol. The second-order valence-electron chi connectivity index (χ2n) is 3.22. The van der Waals surface area contributed by atoms with E-state index in [1.165, 1.54) is 0 Å². The lowest BCUT2D eigenvalue weighted by Gasteiger charge is -2.10. The number of hydrogen-bond donors (Lipinski definition) is 2. The van der Waals surface area contributed by atoms with E-state index in [1.54, 1.807) is 6.26 Å². The Morgan fingerprint density at radius 1 is 1.69 bits per heavy atom. The maximum atomic E-state index is 10.9. The van der Waals surface area contributed by atoms with E-state index in [-0.39, 0.29) is 0 Å². The van der Waals surface area contributed by atoms with Crippen molar-refractivity contribution in [2.24, 2.45) is 0 Å². The Bertz CT molecular complexity index is 259. The van der Waals surface area contributed by atoms with E-state index in [1.807, 2.05) is 25.3 Å². The van der Waals surface area contributed by atoms with Crippen molar-refractivity contribution in [2.45, 2.75) is 19.5 Å². The molecule has 1 aromatic rings. The van der Waals surface area contributed by atoms with E-state index < -0.39 is 10.8 Å². The normalized spacial score (nSPS) is 15.5. The highest BCUT2D eigenvalue weighted by molar-refractivity contribution is 7.84. The highest BCUT2D eigenvalue weighted by atomic mass is 32.2. The van der Waals surface area contributed by atoms with Gasteiger partial charge in [-0.2, -0.15) is 0 Å². The van der Waals surface area contributed by atoms with Crippen LogP contribution < -0.4 is 5.32 Å². The molecule has 1 aromatic heterocycles. The fourth-order valence-electron chi connectivity index (χ4n) is 1.17. The predicted octanol–water partition coefficient (Wildman–Crippen LogP) is 0.871. The van der Waals surface area contributed by atoms with Gasteiger partial charge in [-0.3, -0.25) is 4.21 Å². The topological polar surface area (TPSA) is 44.9 Å². The summed E-state index contributed by atoms with van der Waals surface area (Å²) in [4.78, 5) is 3.11. The Labute approximate surface area is 81.4 Å². The molecule has 0 aliphatic carbocycles. The fourth-order valence-corrected chi connectivity index (χ4v) is 1.99. The quantitative estimate of drug-likeness (QED) is 0.741. The van der Waals surface area contributed by atoms with Crippen LogP contribution in [0.25, 0.3) is 0 Å². The first kappa shape index (κ1) is 10.5. The third kappa shape index (κ3) is 4.24. The van der Waals surface area contributed by atoms with E-state index in [9.17, 15) is 4.21 Å². The first-order valence-corrected chi connectivity index (χ1v) is 6.07. The Kier molecular flexibility index (Phi) is 4.18. The van der Waals surface area contributed by atoms with E-state index in [0.29, 0.717) is 11.8 Å². The van der Waals surface area contributed by atoms with Gasteiger partial charge in [0, 0.05) is 47.3 Å². The third-order valence-corrected chi connectivity index (χ3v) is 2.76. The SMILES string of the molecule is CC(CS(C)=O)NCc1ccc[nH]1.